The summed E-state index contributed by atoms with van der Waals surface area (Å²) in [5.74, 6) is 2.64. The van der Waals surface area contributed by atoms with Gasteiger partial charge < -0.3 is 18.9 Å². The molecule has 28 heavy (non-hydrogen) atoms. The topological polar surface area (TPSA) is 67.4 Å². The number of nitrogens with zero attached hydrogens (tertiary/aromatic N) is 5. The number of hydrogen-bond donors (Lipinski definition) is 0. The summed E-state index contributed by atoms with van der Waals surface area (Å²) in [7, 11) is 0. The zero-order valence-corrected chi connectivity index (χ0v) is 16.5. The molecule has 0 aliphatic carbocycles. The molecule has 2 fully saturated rings. The molecule has 5 rings (SSSR count). The third-order valence-electron chi connectivity index (χ3n) is 6.00. The summed E-state index contributed by atoms with van der Waals surface area (Å²) in [6, 6.07) is 10.4. The van der Waals surface area contributed by atoms with E-state index in [0.717, 1.165) is 37.6 Å². The van der Waals surface area contributed by atoms with Gasteiger partial charge in [-0.1, -0.05) is 17.3 Å². The minimum Gasteiger partial charge on any atom is -0.361 e. The molecule has 7 heteroatoms. The average Bonchev–Trinajstić information content (AvgIpc) is 3.41. The summed E-state index contributed by atoms with van der Waals surface area (Å²) in [4.78, 5) is 21.9. The zero-order valence-electron chi connectivity index (χ0n) is 16.5. The van der Waals surface area contributed by atoms with Crippen molar-refractivity contribution in [2.75, 3.05) is 31.1 Å². The molecule has 7 nitrogen and oxygen atoms in total. The number of amides is 1. The Hall–Kier alpha value is -2.83. The first-order valence-corrected chi connectivity index (χ1v) is 9.95. The largest absolute Gasteiger partial charge is 0.361 e. The van der Waals surface area contributed by atoms with Gasteiger partial charge in [-0.3, -0.25) is 4.79 Å². The highest BCUT2D eigenvalue weighted by Crippen LogP contribution is 2.36. The van der Waals surface area contributed by atoms with Crippen LogP contribution in [0.15, 0.2) is 34.9 Å². The molecule has 0 radical (unpaired) electrons. The van der Waals surface area contributed by atoms with Crippen molar-refractivity contribution in [2.45, 2.75) is 26.8 Å². The van der Waals surface area contributed by atoms with E-state index >= 15 is 0 Å². The Morgan fingerprint density at radius 2 is 1.86 bits per heavy atom. The lowest BCUT2D eigenvalue weighted by Gasteiger charge is -2.24. The lowest BCUT2D eigenvalue weighted by molar-refractivity contribution is 0.0772. The van der Waals surface area contributed by atoms with Crippen molar-refractivity contribution < 1.29 is 9.32 Å². The molecule has 146 valence electrons. The summed E-state index contributed by atoms with van der Waals surface area (Å²) in [5, 5.41) is 3.88. The van der Waals surface area contributed by atoms with Gasteiger partial charge in [-0.05, 0) is 32.9 Å². The molecular formula is C21H25N5O2. The number of fused-ring (bicyclic) bond motifs is 2. The van der Waals surface area contributed by atoms with Crippen LogP contribution in [-0.4, -0.2) is 51.7 Å². The highest BCUT2D eigenvalue weighted by Gasteiger charge is 2.43. The molecule has 3 aromatic rings. The Morgan fingerprint density at radius 1 is 1.14 bits per heavy atom. The Labute approximate surface area is 163 Å². The van der Waals surface area contributed by atoms with Crippen molar-refractivity contribution in [3.05, 3.63) is 41.8 Å². The predicted molar refractivity (Wildman–Crippen MR) is 106 cm³/mol. The fourth-order valence-corrected chi connectivity index (χ4v) is 4.72. The summed E-state index contributed by atoms with van der Waals surface area (Å²) in [6.45, 7) is 9.62. The van der Waals surface area contributed by atoms with Gasteiger partial charge in [0.2, 0.25) is 5.95 Å². The van der Waals surface area contributed by atoms with Gasteiger partial charge in [0.25, 0.3) is 5.91 Å². The Balaban J connectivity index is 1.35. The van der Waals surface area contributed by atoms with Crippen LogP contribution in [0.4, 0.5) is 5.95 Å². The smallest absolute Gasteiger partial charge is 0.276 e. The molecule has 1 aromatic carbocycles. The number of anilines is 1. The van der Waals surface area contributed by atoms with E-state index in [1.807, 2.05) is 11.0 Å². The van der Waals surface area contributed by atoms with Crippen LogP contribution in [0, 0.1) is 18.8 Å². The van der Waals surface area contributed by atoms with Crippen LogP contribution in [0.1, 0.15) is 36.1 Å². The number of hydrogen-bond acceptors (Lipinski definition) is 5. The summed E-state index contributed by atoms with van der Waals surface area (Å²) in [6.07, 6.45) is 0. The number of carbonyl (C=O) groups excluding carboxylic acids is 1. The quantitative estimate of drug-likeness (QED) is 0.699. The molecule has 4 heterocycles. The highest BCUT2D eigenvalue weighted by atomic mass is 16.5. The number of rotatable bonds is 3. The zero-order chi connectivity index (χ0) is 19.4. The second-order valence-corrected chi connectivity index (χ2v) is 8.32. The van der Waals surface area contributed by atoms with Crippen LogP contribution in [0.2, 0.25) is 0 Å². The maximum Gasteiger partial charge on any atom is 0.276 e. The van der Waals surface area contributed by atoms with Crippen LogP contribution in [0.25, 0.3) is 11.0 Å². The molecule has 2 aliphatic rings. The number of likely N-dealkylation sites (tertiary alicyclic amines) is 1. The van der Waals surface area contributed by atoms with E-state index in [-0.39, 0.29) is 5.91 Å². The van der Waals surface area contributed by atoms with Gasteiger partial charge in [0.15, 0.2) is 5.69 Å². The fourth-order valence-electron chi connectivity index (χ4n) is 4.72. The predicted octanol–water partition coefficient (Wildman–Crippen LogP) is 3.12. The van der Waals surface area contributed by atoms with Crippen molar-refractivity contribution in [3.63, 3.8) is 0 Å². The number of carbonyl (C=O) groups is 1. The van der Waals surface area contributed by atoms with E-state index in [4.69, 9.17) is 9.51 Å². The van der Waals surface area contributed by atoms with E-state index in [1.54, 1.807) is 13.0 Å². The molecule has 2 saturated heterocycles. The molecule has 1 amide bonds. The normalized spacial score (nSPS) is 21.9. The molecule has 0 saturated carbocycles. The number of benzene rings is 1. The van der Waals surface area contributed by atoms with Crippen molar-refractivity contribution in [1.82, 2.24) is 19.6 Å². The van der Waals surface area contributed by atoms with E-state index in [1.165, 1.54) is 5.52 Å². The van der Waals surface area contributed by atoms with Gasteiger partial charge in [0, 0.05) is 50.1 Å². The molecule has 2 aliphatic heterocycles. The Morgan fingerprint density at radius 3 is 2.50 bits per heavy atom. The van der Waals surface area contributed by atoms with Gasteiger partial charge in [-0.2, -0.15) is 0 Å². The second kappa shape index (κ2) is 6.36. The molecule has 2 unspecified atom stereocenters. The fraction of sp³-hybridized carbons (Fsp3) is 0.476. The maximum atomic E-state index is 12.7. The number of para-hydroxylation sites is 2. The van der Waals surface area contributed by atoms with E-state index in [2.05, 4.69) is 46.7 Å². The minimum absolute atomic E-state index is 0.0211. The van der Waals surface area contributed by atoms with Crippen molar-refractivity contribution >= 4 is 22.9 Å². The minimum atomic E-state index is -0.0211. The van der Waals surface area contributed by atoms with Gasteiger partial charge >= 0.3 is 0 Å². The first-order chi connectivity index (χ1) is 13.5. The third-order valence-corrected chi connectivity index (χ3v) is 6.00. The lowest BCUT2D eigenvalue weighted by atomic mass is 10.0. The summed E-state index contributed by atoms with van der Waals surface area (Å²) in [5.41, 5.74) is 2.64. The molecular weight excluding hydrogens is 354 g/mol. The Kier molecular flexibility index (Phi) is 3.92. The van der Waals surface area contributed by atoms with E-state index in [0.29, 0.717) is 29.3 Å². The molecule has 0 spiro atoms. The van der Waals surface area contributed by atoms with Crippen LogP contribution in [0.3, 0.4) is 0 Å². The number of aryl methyl sites for hydroxylation is 1. The average molecular weight is 379 g/mol. The lowest BCUT2D eigenvalue weighted by Crippen LogP contribution is -2.34. The van der Waals surface area contributed by atoms with Gasteiger partial charge in [0.1, 0.15) is 5.76 Å². The van der Waals surface area contributed by atoms with Crippen LogP contribution in [-0.2, 0) is 0 Å². The van der Waals surface area contributed by atoms with Gasteiger partial charge in [-0.15, -0.1) is 0 Å². The van der Waals surface area contributed by atoms with E-state index in [9.17, 15) is 4.79 Å². The standard InChI is InChI=1S/C21H25N5O2/c1-13(2)26-19-7-5-4-6-17(19)22-21(26)25-11-15-9-24(10-16(15)12-25)20(27)18-8-14(3)28-23-18/h4-8,13,15-16H,9-12H2,1-3H3. The van der Waals surface area contributed by atoms with Crippen molar-refractivity contribution in [3.8, 4) is 0 Å². The molecule has 2 aromatic heterocycles. The second-order valence-electron chi connectivity index (χ2n) is 8.32. The summed E-state index contributed by atoms with van der Waals surface area (Å²) < 4.78 is 7.39. The molecule has 0 bridgehead atoms. The van der Waals surface area contributed by atoms with Crippen molar-refractivity contribution in [2.24, 2.45) is 11.8 Å². The van der Waals surface area contributed by atoms with E-state index < -0.39 is 0 Å². The van der Waals surface area contributed by atoms with Crippen molar-refractivity contribution in [1.29, 1.82) is 0 Å². The maximum absolute atomic E-state index is 12.7. The Bertz CT molecular complexity index is 1020. The molecule has 0 N–H and O–H groups in total. The summed E-state index contributed by atoms with van der Waals surface area (Å²) >= 11 is 0. The number of aromatic nitrogens is 3. The van der Waals surface area contributed by atoms with Crippen LogP contribution >= 0.6 is 0 Å². The first kappa shape index (κ1) is 17.3. The first-order valence-electron chi connectivity index (χ1n) is 9.95. The highest BCUT2D eigenvalue weighted by molar-refractivity contribution is 5.92. The SMILES string of the molecule is Cc1cc(C(=O)N2CC3CN(c4nc5ccccc5n4C(C)C)CC3C2)no1. The van der Waals surface area contributed by atoms with Gasteiger partial charge in [-0.25, -0.2) is 4.98 Å². The monoisotopic (exact) mass is 379 g/mol. The molecule has 2 atom stereocenters. The van der Waals surface area contributed by atoms with Gasteiger partial charge in [0.05, 0.1) is 11.0 Å². The van der Waals surface area contributed by atoms with Crippen LogP contribution in [0.5, 0.6) is 0 Å². The van der Waals surface area contributed by atoms with Crippen LogP contribution < -0.4 is 4.90 Å². The third kappa shape index (κ3) is 2.68. The number of imidazole rings is 1.